The third-order valence-electron chi connectivity index (χ3n) is 4.58. The van der Waals surface area contributed by atoms with E-state index in [1.165, 1.54) is 0 Å². The van der Waals surface area contributed by atoms with Crippen molar-refractivity contribution in [2.75, 3.05) is 6.54 Å². The Morgan fingerprint density at radius 2 is 1.36 bits per heavy atom. The Morgan fingerprint density at radius 3 is 1.82 bits per heavy atom. The molecule has 0 aliphatic rings. The lowest BCUT2D eigenvalue weighted by Gasteiger charge is -2.25. The maximum absolute atomic E-state index is 12.8. The van der Waals surface area contributed by atoms with E-state index in [0.717, 1.165) is 0 Å². The van der Waals surface area contributed by atoms with Gasteiger partial charge < -0.3 is 43.4 Å². The van der Waals surface area contributed by atoms with Crippen LogP contribution < -0.4 is 33.2 Å². The maximum atomic E-state index is 12.8. The summed E-state index contributed by atoms with van der Waals surface area (Å²) in [6.07, 6.45) is -0.278. The minimum atomic E-state index is -1.50. The lowest BCUT2D eigenvalue weighted by molar-refractivity contribution is -0.143. The number of aliphatic carboxylic acids is 2. The van der Waals surface area contributed by atoms with Crippen molar-refractivity contribution >= 4 is 35.6 Å². The first kappa shape index (κ1) is 29.7. The highest BCUT2D eigenvalue weighted by Crippen LogP contribution is 2.06. The fourth-order valence-electron chi connectivity index (χ4n) is 2.77. The highest BCUT2D eigenvalue weighted by Gasteiger charge is 2.32. The van der Waals surface area contributed by atoms with Crippen molar-refractivity contribution in [1.82, 2.24) is 16.0 Å². The number of unbranched alkanes of at least 4 members (excludes halogenated alkanes) is 1. The molecule has 11 N–H and O–H groups in total. The summed E-state index contributed by atoms with van der Waals surface area (Å²) >= 11 is 0. The molecule has 0 aromatic rings. The van der Waals surface area contributed by atoms with E-state index in [1.54, 1.807) is 13.8 Å². The van der Waals surface area contributed by atoms with Crippen LogP contribution in [0.15, 0.2) is 0 Å². The van der Waals surface area contributed by atoms with Gasteiger partial charge in [-0.2, -0.15) is 0 Å². The second kappa shape index (κ2) is 14.7. The van der Waals surface area contributed by atoms with E-state index in [2.05, 4.69) is 16.0 Å². The number of carbonyl (C=O) groups excluding carboxylic acids is 4. The Hall–Kier alpha value is -3.26. The maximum Gasteiger partial charge on any atom is 0.326 e. The Bertz CT molecular complexity index is 729. The molecular weight excluding hydrogens is 440 g/mol. The van der Waals surface area contributed by atoms with Crippen LogP contribution in [0.3, 0.4) is 0 Å². The molecule has 14 heteroatoms. The monoisotopic (exact) mass is 474 g/mol. The molecular formula is C19H34N6O8. The second-order valence-corrected chi connectivity index (χ2v) is 7.85. The molecule has 0 aliphatic heterocycles. The summed E-state index contributed by atoms with van der Waals surface area (Å²) in [5.41, 5.74) is 16.1. The van der Waals surface area contributed by atoms with E-state index in [0.29, 0.717) is 19.4 Å². The van der Waals surface area contributed by atoms with Gasteiger partial charge in [-0.15, -0.1) is 0 Å². The topological polar surface area (TPSA) is 257 Å². The summed E-state index contributed by atoms with van der Waals surface area (Å²) in [5.74, 6) is -6.74. The molecule has 0 radical (unpaired) electrons. The van der Waals surface area contributed by atoms with Gasteiger partial charge in [0, 0.05) is 0 Å². The van der Waals surface area contributed by atoms with E-state index in [4.69, 9.17) is 22.3 Å². The summed E-state index contributed by atoms with van der Waals surface area (Å²) in [6.45, 7) is 3.44. The van der Waals surface area contributed by atoms with Gasteiger partial charge in [-0.1, -0.05) is 13.8 Å². The molecule has 0 rings (SSSR count). The van der Waals surface area contributed by atoms with Crippen LogP contribution in [0.5, 0.6) is 0 Å². The second-order valence-electron chi connectivity index (χ2n) is 7.85. The molecule has 0 spiro atoms. The van der Waals surface area contributed by atoms with Crippen LogP contribution in [0, 0.1) is 5.92 Å². The van der Waals surface area contributed by atoms with E-state index in [1.807, 2.05) is 0 Å². The number of rotatable bonds is 16. The van der Waals surface area contributed by atoms with Crippen LogP contribution in [0.4, 0.5) is 0 Å². The SMILES string of the molecule is CC(C)C(NC(=O)C(CC(N)=O)NC(=O)C(CCCCN)NC(=O)C(N)CC(=O)O)C(=O)O. The molecule has 4 unspecified atom stereocenters. The number of nitrogens with one attached hydrogen (secondary N) is 3. The minimum absolute atomic E-state index is 0.0865. The lowest BCUT2D eigenvalue weighted by Crippen LogP contribution is -2.58. The van der Waals surface area contributed by atoms with Gasteiger partial charge in [0.2, 0.25) is 23.6 Å². The third-order valence-corrected chi connectivity index (χ3v) is 4.58. The van der Waals surface area contributed by atoms with E-state index >= 15 is 0 Å². The zero-order chi connectivity index (χ0) is 25.7. The summed E-state index contributed by atoms with van der Waals surface area (Å²) < 4.78 is 0. The van der Waals surface area contributed by atoms with Gasteiger partial charge in [0.15, 0.2) is 0 Å². The van der Waals surface area contributed by atoms with Crippen molar-refractivity contribution in [2.24, 2.45) is 23.1 Å². The molecule has 0 saturated heterocycles. The number of hydrogen-bond acceptors (Lipinski definition) is 8. The van der Waals surface area contributed by atoms with Crippen LogP contribution in [0.25, 0.3) is 0 Å². The third kappa shape index (κ3) is 11.8. The quantitative estimate of drug-likeness (QED) is 0.105. The summed E-state index contributed by atoms with van der Waals surface area (Å²) in [7, 11) is 0. The van der Waals surface area contributed by atoms with E-state index in [-0.39, 0.29) is 6.42 Å². The summed E-state index contributed by atoms with van der Waals surface area (Å²) in [6, 6.07) is -5.41. The fourth-order valence-corrected chi connectivity index (χ4v) is 2.77. The molecule has 0 fully saturated rings. The molecule has 0 bridgehead atoms. The summed E-state index contributed by atoms with van der Waals surface area (Å²) in [4.78, 5) is 71.1. The Kier molecular flexibility index (Phi) is 13.3. The first-order valence-corrected chi connectivity index (χ1v) is 10.4. The number of amides is 4. The van der Waals surface area contributed by atoms with Crippen LogP contribution in [0.1, 0.15) is 46.0 Å². The molecule has 188 valence electrons. The van der Waals surface area contributed by atoms with Crippen molar-refractivity contribution in [2.45, 2.75) is 70.1 Å². The van der Waals surface area contributed by atoms with E-state index < -0.39 is 78.5 Å². The van der Waals surface area contributed by atoms with Crippen LogP contribution in [0.2, 0.25) is 0 Å². The number of carboxylic acids is 2. The first-order valence-electron chi connectivity index (χ1n) is 10.4. The number of carbonyl (C=O) groups is 6. The fraction of sp³-hybridized carbons (Fsp3) is 0.684. The number of carboxylic acid groups (broad SMARTS) is 2. The van der Waals surface area contributed by atoms with Gasteiger partial charge in [0.25, 0.3) is 0 Å². The standard InChI is InChI=1S/C19H34N6O8/c1-9(2)15(19(32)33)25-18(31)12(8-13(22)26)24-17(30)11(5-3-4-6-20)23-16(29)10(21)7-14(27)28/h9-12,15H,3-8,20-21H2,1-2H3,(H2,22,26)(H,23,29)(H,24,30)(H,25,31)(H,27,28)(H,32,33). The van der Waals surface area contributed by atoms with Gasteiger partial charge in [-0.05, 0) is 31.7 Å². The summed E-state index contributed by atoms with van der Waals surface area (Å²) in [5, 5.41) is 24.9. The molecule has 0 saturated carbocycles. The molecule has 0 aromatic carbocycles. The van der Waals surface area contributed by atoms with Gasteiger partial charge >= 0.3 is 11.9 Å². The number of hydrogen-bond donors (Lipinski definition) is 8. The van der Waals surface area contributed by atoms with Gasteiger partial charge in [0.1, 0.15) is 18.1 Å². The highest BCUT2D eigenvalue weighted by molar-refractivity contribution is 5.96. The van der Waals surface area contributed by atoms with Gasteiger partial charge in [0.05, 0.1) is 18.9 Å². The van der Waals surface area contributed by atoms with Crippen molar-refractivity contribution in [1.29, 1.82) is 0 Å². The largest absolute Gasteiger partial charge is 0.481 e. The van der Waals surface area contributed by atoms with Gasteiger partial charge in [-0.25, -0.2) is 4.79 Å². The average Bonchev–Trinajstić information content (AvgIpc) is 2.68. The van der Waals surface area contributed by atoms with Crippen molar-refractivity contribution < 1.29 is 39.0 Å². The minimum Gasteiger partial charge on any atom is -0.481 e. The predicted molar refractivity (Wildman–Crippen MR) is 115 cm³/mol. The molecule has 33 heavy (non-hydrogen) atoms. The van der Waals surface area contributed by atoms with Crippen molar-refractivity contribution in [3.8, 4) is 0 Å². The Labute approximate surface area is 191 Å². The van der Waals surface area contributed by atoms with Gasteiger partial charge in [-0.3, -0.25) is 24.0 Å². The highest BCUT2D eigenvalue weighted by atomic mass is 16.4. The van der Waals surface area contributed by atoms with Crippen molar-refractivity contribution in [3.05, 3.63) is 0 Å². The first-order chi connectivity index (χ1) is 15.3. The molecule has 0 aliphatic carbocycles. The molecule has 0 heterocycles. The smallest absolute Gasteiger partial charge is 0.326 e. The Balaban J connectivity index is 5.53. The normalized spacial score (nSPS) is 14.5. The Morgan fingerprint density at radius 1 is 0.818 bits per heavy atom. The van der Waals surface area contributed by atoms with Crippen LogP contribution in [-0.4, -0.2) is 76.5 Å². The lowest BCUT2D eigenvalue weighted by atomic mass is 10.0. The van der Waals surface area contributed by atoms with Crippen molar-refractivity contribution in [3.63, 3.8) is 0 Å². The zero-order valence-electron chi connectivity index (χ0n) is 18.7. The van der Waals surface area contributed by atoms with Crippen LogP contribution >= 0.6 is 0 Å². The molecule has 4 atom stereocenters. The number of nitrogens with two attached hydrogens (primary N) is 3. The number of primary amides is 1. The van der Waals surface area contributed by atoms with Crippen LogP contribution in [-0.2, 0) is 28.8 Å². The van der Waals surface area contributed by atoms with E-state index in [9.17, 15) is 33.9 Å². The molecule has 0 aromatic heterocycles. The average molecular weight is 475 g/mol. The molecule has 4 amide bonds. The molecule has 14 nitrogen and oxygen atoms in total. The zero-order valence-corrected chi connectivity index (χ0v) is 18.7. The predicted octanol–water partition coefficient (Wildman–Crippen LogP) is -3.01.